The molecule has 0 spiro atoms. The lowest BCUT2D eigenvalue weighted by atomic mass is 10.1. The van der Waals surface area contributed by atoms with E-state index in [0.29, 0.717) is 27.7 Å². The van der Waals surface area contributed by atoms with Crippen molar-refractivity contribution < 1.29 is 0 Å². The van der Waals surface area contributed by atoms with Crippen LogP contribution in [-0.4, -0.2) is 0 Å². The van der Waals surface area contributed by atoms with Crippen molar-refractivity contribution in [3.05, 3.63) is 68.7 Å². The monoisotopic (exact) mass is 317 g/mol. The SMILES string of the molecule is Cc1cccc(C#N)c1Cl.N#Cc1ccc(CN)c(Cl)c1. The molecule has 0 amide bonds. The van der Waals surface area contributed by atoms with E-state index in [2.05, 4.69) is 0 Å². The molecule has 21 heavy (non-hydrogen) atoms. The molecule has 3 nitrogen and oxygen atoms in total. The van der Waals surface area contributed by atoms with Gasteiger partial charge in [0.2, 0.25) is 0 Å². The minimum atomic E-state index is 0.407. The van der Waals surface area contributed by atoms with Crippen molar-refractivity contribution in [3.63, 3.8) is 0 Å². The zero-order valence-corrected chi connectivity index (χ0v) is 12.9. The average molecular weight is 318 g/mol. The molecule has 0 saturated heterocycles. The van der Waals surface area contributed by atoms with Gasteiger partial charge in [-0.1, -0.05) is 41.4 Å². The highest BCUT2D eigenvalue weighted by atomic mass is 35.5. The number of nitriles is 2. The second kappa shape index (κ2) is 8.29. The summed E-state index contributed by atoms with van der Waals surface area (Å²) < 4.78 is 0. The van der Waals surface area contributed by atoms with E-state index in [4.69, 9.17) is 39.5 Å². The summed E-state index contributed by atoms with van der Waals surface area (Å²) in [7, 11) is 0. The fourth-order valence-corrected chi connectivity index (χ4v) is 1.94. The molecule has 0 radical (unpaired) electrons. The standard InChI is InChI=1S/C8H7ClN2.C8H6ClN/c9-8-3-6(4-10)1-2-7(8)5-11;1-6-3-2-4-7(5-10)8(6)9/h1-3H,5,11H2;2-4H,1H3. The second-order valence-electron chi connectivity index (χ2n) is 4.17. The van der Waals surface area contributed by atoms with Crippen LogP contribution in [0.3, 0.4) is 0 Å². The Balaban J connectivity index is 0.000000211. The van der Waals surface area contributed by atoms with Crippen LogP contribution in [0.1, 0.15) is 22.3 Å². The largest absolute Gasteiger partial charge is 0.326 e. The molecule has 0 aliphatic rings. The van der Waals surface area contributed by atoms with Gasteiger partial charge in [0.15, 0.2) is 0 Å². The van der Waals surface area contributed by atoms with E-state index in [9.17, 15) is 0 Å². The highest BCUT2D eigenvalue weighted by Gasteiger charge is 1.99. The van der Waals surface area contributed by atoms with Gasteiger partial charge in [0.1, 0.15) is 6.07 Å². The minimum Gasteiger partial charge on any atom is -0.326 e. The van der Waals surface area contributed by atoms with E-state index in [0.717, 1.165) is 11.1 Å². The Morgan fingerprint density at radius 3 is 2.29 bits per heavy atom. The Kier molecular flexibility index (Phi) is 6.72. The minimum absolute atomic E-state index is 0.407. The molecule has 0 fully saturated rings. The molecule has 2 rings (SSSR count). The van der Waals surface area contributed by atoms with E-state index >= 15 is 0 Å². The molecule has 106 valence electrons. The summed E-state index contributed by atoms with van der Waals surface area (Å²) in [4.78, 5) is 0. The zero-order chi connectivity index (χ0) is 15.8. The number of rotatable bonds is 1. The summed E-state index contributed by atoms with van der Waals surface area (Å²) >= 11 is 11.5. The molecule has 2 aromatic carbocycles. The van der Waals surface area contributed by atoms with Crippen molar-refractivity contribution in [2.45, 2.75) is 13.5 Å². The number of nitrogens with zero attached hydrogens (tertiary/aromatic N) is 2. The molecular weight excluding hydrogens is 305 g/mol. The van der Waals surface area contributed by atoms with E-state index in [1.54, 1.807) is 24.3 Å². The molecule has 0 aliphatic carbocycles. The van der Waals surface area contributed by atoms with Crippen LogP contribution in [0.15, 0.2) is 36.4 Å². The quantitative estimate of drug-likeness (QED) is 0.856. The normalized spacial score (nSPS) is 9.05. The van der Waals surface area contributed by atoms with Crippen LogP contribution in [0.2, 0.25) is 10.0 Å². The summed E-state index contributed by atoms with van der Waals surface area (Å²) in [5, 5.41) is 18.1. The summed E-state index contributed by atoms with van der Waals surface area (Å²) in [6.07, 6.45) is 0. The number of hydrogen-bond acceptors (Lipinski definition) is 3. The molecular formula is C16H13Cl2N3. The van der Waals surface area contributed by atoms with Gasteiger partial charge in [0.05, 0.1) is 22.2 Å². The molecule has 0 unspecified atom stereocenters. The van der Waals surface area contributed by atoms with E-state index < -0.39 is 0 Å². The van der Waals surface area contributed by atoms with Gasteiger partial charge in [0, 0.05) is 11.6 Å². The van der Waals surface area contributed by atoms with E-state index in [-0.39, 0.29) is 0 Å². The first-order chi connectivity index (χ1) is 10.0. The predicted octanol–water partition coefficient (Wildman–Crippen LogP) is 4.19. The van der Waals surface area contributed by atoms with Crippen molar-refractivity contribution in [3.8, 4) is 12.1 Å². The Bertz CT molecular complexity index is 712. The summed E-state index contributed by atoms with van der Waals surface area (Å²) in [6.45, 7) is 2.29. The molecule has 0 saturated carbocycles. The maximum atomic E-state index is 8.51. The zero-order valence-electron chi connectivity index (χ0n) is 11.4. The maximum Gasteiger partial charge on any atom is 0.101 e. The topological polar surface area (TPSA) is 73.6 Å². The predicted molar refractivity (Wildman–Crippen MR) is 85.0 cm³/mol. The van der Waals surface area contributed by atoms with Crippen LogP contribution in [-0.2, 0) is 6.54 Å². The average Bonchev–Trinajstić information content (AvgIpc) is 2.50. The number of nitrogens with two attached hydrogens (primary N) is 1. The Hall–Kier alpha value is -2.04. The number of aryl methyl sites for hydroxylation is 1. The highest BCUT2D eigenvalue weighted by molar-refractivity contribution is 6.32. The fourth-order valence-electron chi connectivity index (χ4n) is 1.52. The smallest absolute Gasteiger partial charge is 0.101 e. The van der Waals surface area contributed by atoms with Crippen LogP contribution >= 0.6 is 23.2 Å². The van der Waals surface area contributed by atoms with Crippen LogP contribution in [0.25, 0.3) is 0 Å². The number of halogens is 2. The van der Waals surface area contributed by atoms with Crippen LogP contribution in [0.4, 0.5) is 0 Å². The van der Waals surface area contributed by atoms with Crippen LogP contribution in [0, 0.1) is 29.6 Å². The first kappa shape index (κ1) is 17.0. The van der Waals surface area contributed by atoms with Crippen molar-refractivity contribution in [2.75, 3.05) is 0 Å². The lowest BCUT2D eigenvalue weighted by molar-refractivity contribution is 1.07. The Labute approximate surface area is 134 Å². The highest BCUT2D eigenvalue weighted by Crippen LogP contribution is 2.18. The molecule has 0 atom stereocenters. The van der Waals surface area contributed by atoms with Gasteiger partial charge in [-0.3, -0.25) is 0 Å². The van der Waals surface area contributed by atoms with Gasteiger partial charge >= 0.3 is 0 Å². The summed E-state index contributed by atoms with van der Waals surface area (Å²) in [6, 6.07) is 14.5. The number of hydrogen-bond donors (Lipinski definition) is 1. The molecule has 2 N–H and O–H groups in total. The van der Waals surface area contributed by atoms with E-state index in [1.807, 2.05) is 31.2 Å². The Morgan fingerprint density at radius 1 is 1.10 bits per heavy atom. The molecule has 0 heterocycles. The van der Waals surface area contributed by atoms with Gasteiger partial charge in [-0.15, -0.1) is 0 Å². The molecule has 0 bridgehead atoms. The third kappa shape index (κ3) is 4.77. The third-order valence-corrected chi connectivity index (χ3v) is 3.57. The first-order valence-corrected chi connectivity index (χ1v) is 6.82. The lowest BCUT2D eigenvalue weighted by Crippen LogP contribution is -1.96. The van der Waals surface area contributed by atoms with E-state index in [1.165, 1.54) is 0 Å². The van der Waals surface area contributed by atoms with Crippen molar-refractivity contribution in [1.82, 2.24) is 0 Å². The summed E-state index contributed by atoms with van der Waals surface area (Å²) in [5.41, 5.74) is 8.29. The van der Waals surface area contributed by atoms with Crippen molar-refractivity contribution in [1.29, 1.82) is 10.5 Å². The van der Waals surface area contributed by atoms with Gasteiger partial charge in [-0.2, -0.15) is 10.5 Å². The van der Waals surface area contributed by atoms with Crippen LogP contribution in [0.5, 0.6) is 0 Å². The van der Waals surface area contributed by atoms with Gasteiger partial charge in [-0.25, -0.2) is 0 Å². The van der Waals surface area contributed by atoms with Gasteiger partial charge < -0.3 is 5.73 Å². The van der Waals surface area contributed by atoms with Crippen molar-refractivity contribution in [2.24, 2.45) is 5.73 Å². The van der Waals surface area contributed by atoms with Gasteiger partial charge in [0.25, 0.3) is 0 Å². The molecule has 2 aromatic rings. The fraction of sp³-hybridized carbons (Fsp3) is 0.125. The number of benzene rings is 2. The Morgan fingerprint density at radius 2 is 1.81 bits per heavy atom. The second-order valence-corrected chi connectivity index (χ2v) is 4.96. The molecule has 0 aliphatic heterocycles. The molecule has 0 aromatic heterocycles. The lowest BCUT2D eigenvalue weighted by Gasteiger charge is -1.98. The third-order valence-electron chi connectivity index (χ3n) is 2.71. The molecule has 5 heteroatoms. The van der Waals surface area contributed by atoms with Crippen LogP contribution < -0.4 is 5.73 Å². The van der Waals surface area contributed by atoms with Crippen molar-refractivity contribution >= 4 is 23.2 Å². The maximum absolute atomic E-state index is 8.51. The first-order valence-electron chi connectivity index (χ1n) is 6.07. The van der Waals surface area contributed by atoms with Gasteiger partial charge in [-0.05, 0) is 36.2 Å². The summed E-state index contributed by atoms with van der Waals surface area (Å²) in [5.74, 6) is 0.